The van der Waals surface area contributed by atoms with Crippen molar-refractivity contribution in [2.75, 3.05) is 5.32 Å². The number of nitrogens with one attached hydrogen (secondary N) is 1. The third kappa shape index (κ3) is 4.66. The van der Waals surface area contributed by atoms with E-state index in [1.54, 1.807) is 0 Å². The molecule has 9 heteroatoms. The van der Waals surface area contributed by atoms with Crippen LogP contribution in [0.5, 0.6) is 0 Å². The van der Waals surface area contributed by atoms with Gasteiger partial charge in [0, 0.05) is 5.69 Å². The molecule has 1 unspecified atom stereocenters. The van der Waals surface area contributed by atoms with Gasteiger partial charge in [-0.2, -0.15) is 0 Å². The zero-order chi connectivity index (χ0) is 14.6. The molecule has 0 aliphatic heterocycles. The zero-order valence-corrected chi connectivity index (χ0v) is 10.6. The molecule has 0 saturated heterocycles. The van der Waals surface area contributed by atoms with Crippen molar-refractivity contribution in [3.63, 3.8) is 0 Å². The van der Waals surface area contributed by atoms with Gasteiger partial charge in [-0.1, -0.05) is 0 Å². The lowest BCUT2D eigenvalue weighted by Crippen LogP contribution is -2.37. The van der Waals surface area contributed by atoms with Crippen molar-refractivity contribution < 1.29 is 23.1 Å². The SMILES string of the molecule is NC(CC(=O)O)C(=O)Nc1ccc(S(N)(=O)=O)cc1. The summed E-state index contributed by atoms with van der Waals surface area (Å²) < 4.78 is 22.0. The molecule has 1 rings (SSSR count). The van der Waals surface area contributed by atoms with E-state index in [4.69, 9.17) is 16.0 Å². The standard InChI is InChI=1S/C10H13N3O5S/c11-8(5-9(14)15)10(16)13-6-1-3-7(4-2-6)19(12,17)18/h1-4,8H,5,11H2,(H,13,16)(H,14,15)(H2,12,17,18). The first-order chi connectivity index (χ1) is 8.70. The number of carbonyl (C=O) groups is 2. The third-order valence-electron chi connectivity index (χ3n) is 2.18. The summed E-state index contributed by atoms with van der Waals surface area (Å²) in [6.45, 7) is 0. The molecule has 0 aromatic heterocycles. The predicted octanol–water partition coefficient (Wildman–Crippen LogP) is -0.925. The Balaban J connectivity index is 2.73. The van der Waals surface area contributed by atoms with Gasteiger partial charge >= 0.3 is 5.97 Å². The summed E-state index contributed by atoms with van der Waals surface area (Å²) >= 11 is 0. The minimum atomic E-state index is -3.80. The van der Waals surface area contributed by atoms with Gasteiger partial charge < -0.3 is 16.2 Å². The van der Waals surface area contributed by atoms with E-state index in [9.17, 15) is 18.0 Å². The van der Waals surface area contributed by atoms with E-state index in [1.807, 2.05) is 0 Å². The average Bonchev–Trinajstić information content (AvgIpc) is 2.27. The van der Waals surface area contributed by atoms with Crippen molar-refractivity contribution in [3.05, 3.63) is 24.3 Å². The number of benzene rings is 1. The summed E-state index contributed by atoms with van der Waals surface area (Å²) in [7, 11) is -3.80. The van der Waals surface area contributed by atoms with Crippen LogP contribution in [0.4, 0.5) is 5.69 Å². The smallest absolute Gasteiger partial charge is 0.305 e. The van der Waals surface area contributed by atoms with Crippen molar-refractivity contribution in [2.45, 2.75) is 17.4 Å². The number of anilines is 1. The Labute approximate surface area is 109 Å². The summed E-state index contributed by atoms with van der Waals surface area (Å²) in [6, 6.07) is 3.90. The molecule has 0 radical (unpaired) electrons. The number of carboxylic acid groups (broad SMARTS) is 1. The van der Waals surface area contributed by atoms with Crippen LogP contribution in [0.2, 0.25) is 0 Å². The number of hydrogen-bond acceptors (Lipinski definition) is 5. The summed E-state index contributed by atoms with van der Waals surface area (Å²) in [5.74, 6) is -1.86. The second-order valence-corrected chi connectivity index (χ2v) is 5.32. The van der Waals surface area contributed by atoms with Crippen molar-refractivity contribution in [3.8, 4) is 0 Å². The van der Waals surface area contributed by atoms with E-state index in [0.717, 1.165) is 0 Å². The Bertz CT molecular complexity index is 582. The van der Waals surface area contributed by atoms with Crippen LogP contribution in [0.15, 0.2) is 29.2 Å². The topological polar surface area (TPSA) is 153 Å². The second-order valence-electron chi connectivity index (χ2n) is 3.76. The Morgan fingerprint density at radius 2 is 1.79 bits per heavy atom. The van der Waals surface area contributed by atoms with Crippen LogP contribution >= 0.6 is 0 Å². The van der Waals surface area contributed by atoms with Crippen LogP contribution in [-0.4, -0.2) is 31.4 Å². The quantitative estimate of drug-likeness (QED) is 0.549. The summed E-state index contributed by atoms with van der Waals surface area (Å²) in [4.78, 5) is 21.8. The highest BCUT2D eigenvalue weighted by molar-refractivity contribution is 7.89. The molecule has 0 heterocycles. The molecule has 0 spiro atoms. The molecular weight excluding hydrogens is 274 g/mol. The second kappa shape index (κ2) is 5.78. The monoisotopic (exact) mass is 287 g/mol. The lowest BCUT2D eigenvalue weighted by molar-refractivity contribution is -0.138. The largest absolute Gasteiger partial charge is 0.481 e. The first-order valence-corrected chi connectivity index (χ1v) is 6.66. The Morgan fingerprint density at radius 1 is 1.26 bits per heavy atom. The van der Waals surface area contributed by atoms with Gasteiger partial charge in [0.25, 0.3) is 0 Å². The molecule has 0 fully saturated rings. The number of nitrogens with two attached hydrogens (primary N) is 2. The lowest BCUT2D eigenvalue weighted by atomic mass is 10.2. The number of aliphatic carboxylic acids is 1. The molecule has 0 bridgehead atoms. The van der Waals surface area contributed by atoms with E-state index < -0.39 is 34.4 Å². The first-order valence-electron chi connectivity index (χ1n) is 5.11. The van der Waals surface area contributed by atoms with Crippen molar-refractivity contribution >= 4 is 27.6 Å². The highest BCUT2D eigenvalue weighted by atomic mass is 32.2. The van der Waals surface area contributed by atoms with Gasteiger partial charge in [0.05, 0.1) is 17.4 Å². The Morgan fingerprint density at radius 3 is 2.21 bits per heavy atom. The summed E-state index contributed by atoms with van der Waals surface area (Å²) in [6.07, 6.45) is -0.499. The molecule has 19 heavy (non-hydrogen) atoms. The summed E-state index contributed by atoms with van der Waals surface area (Å²) in [5, 5.41) is 15.8. The van der Waals surface area contributed by atoms with Gasteiger partial charge in [-0.25, -0.2) is 13.6 Å². The number of sulfonamides is 1. The minimum Gasteiger partial charge on any atom is -0.481 e. The molecular formula is C10H13N3O5S. The predicted molar refractivity (Wildman–Crippen MR) is 66.7 cm³/mol. The summed E-state index contributed by atoms with van der Waals surface area (Å²) in [5.41, 5.74) is 5.65. The number of rotatable bonds is 5. The van der Waals surface area contributed by atoms with Gasteiger partial charge in [-0.15, -0.1) is 0 Å². The third-order valence-corrected chi connectivity index (χ3v) is 3.11. The molecule has 0 aliphatic rings. The highest BCUT2D eigenvalue weighted by Gasteiger charge is 2.17. The van der Waals surface area contributed by atoms with Crippen LogP contribution in [0.25, 0.3) is 0 Å². The fraction of sp³-hybridized carbons (Fsp3) is 0.200. The molecule has 0 saturated carbocycles. The maximum Gasteiger partial charge on any atom is 0.305 e. The number of carboxylic acids is 1. The molecule has 1 amide bonds. The van der Waals surface area contributed by atoms with Gasteiger partial charge in [0.1, 0.15) is 0 Å². The Kier molecular flexibility index (Phi) is 4.59. The molecule has 1 atom stereocenters. The molecule has 1 aromatic carbocycles. The molecule has 8 nitrogen and oxygen atoms in total. The normalized spacial score (nSPS) is 12.7. The van der Waals surface area contributed by atoms with E-state index in [2.05, 4.69) is 5.32 Å². The number of hydrogen-bond donors (Lipinski definition) is 4. The number of primary sulfonamides is 1. The van der Waals surface area contributed by atoms with Gasteiger partial charge in [0.15, 0.2) is 0 Å². The van der Waals surface area contributed by atoms with Gasteiger partial charge in [-0.3, -0.25) is 9.59 Å². The Hall–Kier alpha value is -1.97. The molecule has 1 aromatic rings. The van der Waals surface area contributed by atoms with E-state index in [-0.39, 0.29) is 4.90 Å². The van der Waals surface area contributed by atoms with Crippen LogP contribution in [0.1, 0.15) is 6.42 Å². The molecule has 104 valence electrons. The van der Waals surface area contributed by atoms with Crippen molar-refractivity contribution in [1.29, 1.82) is 0 Å². The fourth-order valence-corrected chi connectivity index (χ4v) is 1.76. The zero-order valence-electron chi connectivity index (χ0n) is 9.74. The van der Waals surface area contributed by atoms with E-state index >= 15 is 0 Å². The van der Waals surface area contributed by atoms with Crippen LogP contribution < -0.4 is 16.2 Å². The maximum atomic E-state index is 11.5. The molecule has 0 aliphatic carbocycles. The maximum absolute atomic E-state index is 11.5. The lowest BCUT2D eigenvalue weighted by Gasteiger charge is -2.10. The highest BCUT2D eigenvalue weighted by Crippen LogP contribution is 2.12. The first kappa shape index (κ1) is 15.1. The van der Waals surface area contributed by atoms with Gasteiger partial charge in [-0.05, 0) is 24.3 Å². The van der Waals surface area contributed by atoms with Crippen LogP contribution in [0.3, 0.4) is 0 Å². The van der Waals surface area contributed by atoms with E-state index in [1.165, 1.54) is 24.3 Å². The van der Waals surface area contributed by atoms with E-state index in [0.29, 0.717) is 5.69 Å². The van der Waals surface area contributed by atoms with Crippen molar-refractivity contribution in [2.24, 2.45) is 10.9 Å². The average molecular weight is 287 g/mol. The molecule has 6 N–H and O–H groups in total. The fourth-order valence-electron chi connectivity index (χ4n) is 1.24. The number of amides is 1. The van der Waals surface area contributed by atoms with Gasteiger partial charge in [0.2, 0.25) is 15.9 Å². The van der Waals surface area contributed by atoms with Crippen LogP contribution in [-0.2, 0) is 19.6 Å². The number of carbonyl (C=O) groups excluding carboxylic acids is 1. The van der Waals surface area contributed by atoms with Crippen LogP contribution in [0, 0.1) is 0 Å². The minimum absolute atomic E-state index is 0.0969. The van der Waals surface area contributed by atoms with Crippen molar-refractivity contribution in [1.82, 2.24) is 0 Å².